The largest absolute Gasteiger partial charge is 0.495 e. The first-order valence-electron chi connectivity index (χ1n) is 10.6. The van der Waals surface area contributed by atoms with Crippen molar-refractivity contribution in [1.29, 1.82) is 5.26 Å². The van der Waals surface area contributed by atoms with Crippen LogP contribution in [0.15, 0.2) is 94.8 Å². The van der Waals surface area contributed by atoms with E-state index in [0.717, 1.165) is 9.69 Å². The van der Waals surface area contributed by atoms with Gasteiger partial charge in [-0.25, -0.2) is 12.7 Å². The van der Waals surface area contributed by atoms with Crippen molar-refractivity contribution in [2.24, 2.45) is 0 Å². The van der Waals surface area contributed by atoms with Crippen LogP contribution in [-0.2, 0) is 10.0 Å². The molecule has 36 heavy (non-hydrogen) atoms. The number of nitriles is 1. The molecule has 0 atom stereocenters. The summed E-state index contributed by atoms with van der Waals surface area (Å²) in [6.07, 6.45) is 4.50. The number of hydrogen-bond donors (Lipinski definition) is 0. The Hall–Kier alpha value is -4.39. The van der Waals surface area contributed by atoms with E-state index in [9.17, 15) is 13.7 Å². The predicted molar refractivity (Wildman–Crippen MR) is 136 cm³/mol. The number of rotatable bonds is 6. The highest BCUT2D eigenvalue weighted by Crippen LogP contribution is 2.42. The van der Waals surface area contributed by atoms with Gasteiger partial charge in [-0.2, -0.15) is 5.26 Å². The highest BCUT2D eigenvalue weighted by molar-refractivity contribution is 7.93. The minimum absolute atomic E-state index is 0.00233. The summed E-state index contributed by atoms with van der Waals surface area (Å²) in [5.74, 6) is 0.211. The lowest BCUT2D eigenvalue weighted by Gasteiger charge is -2.24. The molecule has 0 saturated heterocycles. The lowest BCUT2D eigenvalue weighted by Crippen LogP contribution is -2.27. The molecule has 0 aliphatic rings. The molecule has 2 aromatic heterocycles. The number of sulfonamides is 1. The fourth-order valence-corrected chi connectivity index (χ4v) is 5.55. The molecule has 3 aromatic carbocycles. The van der Waals surface area contributed by atoms with Crippen LogP contribution in [0.25, 0.3) is 21.9 Å². The molecule has 0 fully saturated rings. The Kier molecular flexibility index (Phi) is 6.06. The first-order chi connectivity index (χ1) is 17.4. The van der Waals surface area contributed by atoms with Crippen molar-refractivity contribution < 1.29 is 17.7 Å². The molecule has 0 N–H and O–H groups in total. The Labute approximate surface area is 212 Å². The minimum Gasteiger partial charge on any atom is -0.495 e. The van der Waals surface area contributed by atoms with Crippen LogP contribution in [0.1, 0.15) is 5.56 Å². The average Bonchev–Trinajstić information content (AvgIpc) is 3.42. The zero-order chi connectivity index (χ0) is 25.3. The van der Waals surface area contributed by atoms with Gasteiger partial charge >= 0.3 is 0 Å². The second-order valence-electron chi connectivity index (χ2n) is 7.70. The van der Waals surface area contributed by atoms with E-state index >= 15 is 0 Å². The molecule has 10 heteroatoms. The molecular weight excluding hydrogens is 500 g/mol. The van der Waals surface area contributed by atoms with E-state index in [1.165, 1.54) is 31.6 Å². The van der Waals surface area contributed by atoms with Crippen LogP contribution in [-0.4, -0.2) is 25.7 Å². The summed E-state index contributed by atoms with van der Waals surface area (Å²) in [6.45, 7) is 0. The number of methoxy groups -OCH3 is 1. The zero-order valence-electron chi connectivity index (χ0n) is 18.8. The topological polar surface area (TPSA) is 109 Å². The Morgan fingerprint density at radius 2 is 1.92 bits per heavy atom. The standard InChI is InChI=1S/C26H17ClN4O4S/c1-34-25-14-23(18-3-2-4-21(27)11-18)20(15-28)13-24(25)31(26-8-10-35-30-26)36(32,33)22-6-5-19-16-29-9-7-17(19)12-22/h2-14,16H,1H3. The molecule has 0 aliphatic heterocycles. The Balaban J connectivity index is 1.74. The van der Waals surface area contributed by atoms with E-state index in [4.69, 9.17) is 20.9 Å². The third kappa shape index (κ3) is 4.13. The van der Waals surface area contributed by atoms with Crippen LogP contribution < -0.4 is 9.04 Å². The normalized spacial score (nSPS) is 11.2. The van der Waals surface area contributed by atoms with E-state index in [1.54, 1.807) is 60.9 Å². The molecule has 0 saturated carbocycles. The lowest BCUT2D eigenvalue weighted by atomic mass is 9.99. The summed E-state index contributed by atoms with van der Waals surface area (Å²) < 4.78 is 39.6. The molecule has 0 spiro atoms. The van der Waals surface area contributed by atoms with Gasteiger partial charge in [-0.1, -0.05) is 35.0 Å². The second kappa shape index (κ2) is 9.34. The number of aromatic nitrogens is 2. The van der Waals surface area contributed by atoms with Gasteiger partial charge in [0.2, 0.25) is 0 Å². The van der Waals surface area contributed by atoms with Crippen molar-refractivity contribution in [1.82, 2.24) is 10.1 Å². The third-order valence-corrected chi connectivity index (χ3v) is 7.53. The second-order valence-corrected chi connectivity index (χ2v) is 9.93. The average molecular weight is 517 g/mol. The van der Waals surface area contributed by atoms with Crippen molar-refractivity contribution >= 4 is 43.9 Å². The van der Waals surface area contributed by atoms with Crippen molar-refractivity contribution in [3.05, 3.63) is 96.0 Å². The van der Waals surface area contributed by atoms with Crippen LogP contribution in [0.4, 0.5) is 11.5 Å². The SMILES string of the molecule is COc1cc(-c2cccc(Cl)c2)c(C#N)cc1N(c1ccon1)S(=O)(=O)c1ccc2cnccc2c1. The van der Waals surface area contributed by atoms with Gasteiger partial charge in [0.1, 0.15) is 17.7 Å². The van der Waals surface area contributed by atoms with Crippen LogP contribution in [0.3, 0.4) is 0 Å². The van der Waals surface area contributed by atoms with Crippen LogP contribution >= 0.6 is 11.6 Å². The van der Waals surface area contributed by atoms with Gasteiger partial charge in [-0.05, 0) is 53.4 Å². The maximum atomic E-state index is 14.0. The van der Waals surface area contributed by atoms with Crippen molar-refractivity contribution in [3.63, 3.8) is 0 Å². The Morgan fingerprint density at radius 3 is 2.64 bits per heavy atom. The fraction of sp³-hybridized carbons (Fsp3) is 0.0385. The van der Waals surface area contributed by atoms with Crippen LogP contribution in [0, 0.1) is 11.3 Å². The molecular formula is C26H17ClN4O4S. The van der Waals surface area contributed by atoms with E-state index in [0.29, 0.717) is 21.5 Å². The molecule has 0 unspecified atom stereocenters. The van der Waals surface area contributed by atoms with E-state index in [2.05, 4.69) is 16.2 Å². The summed E-state index contributed by atoms with van der Waals surface area (Å²) in [7, 11) is -2.81. The smallest absolute Gasteiger partial charge is 0.270 e. The number of hydrogen-bond acceptors (Lipinski definition) is 7. The van der Waals surface area contributed by atoms with Crippen LogP contribution in [0.2, 0.25) is 5.02 Å². The van der Waals surface area contributed by atoms with Gasteiger partial charge in [0.15, 0.2) is 5.82 Å². The van der Waals surface area contributed by atoms with Crippen molar-refractivity contribution in [2.75, 3.05) is 11.4 Å². The maximum absolute atomic E-state index is 14.0. The number of benzene rings is 3. The highest BCUT2D eigenvalue weighted by Gasteiger charge is 2.32. The summed E-state index contributed by atoms with van der Waals surface area (Å²) >= 11 is 6.16. The first-order valence-corrected chi connectivity index (χ1v) is 12.4. The van der Waals surface area contributed by atoms with Crippen LogP contribution in [0.5, 0.6) is 5.75 Å². The van der Waals surface area contributed by atoms with Gasteiger partial charge in [0.25, 0.3) is 10.0 Å². The molecule has 0 amide bonds. The number of pyridine rings is 1. The Morgan fingerprint density at radius 1 is 1.06 bits per heavy atom. The lowest BCUT2D eigenvalue weighted by molar-refractivity contribution is 0.414. The van der Waals surface area contributed by atoms with Gasteiger partial charge in [-0.15, -0.1) is 0 Å². The van der Waals surface area contributed by atoms with Gasteiger partial charge < -0.3 is 9.26 Å². The molecule has 5 rings (SSSR count). The molecule has 0 aliphatic carbocycles. The molecule has 0 bridgehead atoms. The number of anilines is 2. The maximum Gasteiger partial charge on any atom is 0.270 e. The monoisotopic (exact) mass is 516 g/mol. The highest BCUT2D eigenvalue weighted by atomic mass is 35.5. The molecule has 178 valence electrons. The minimum atomic E-state index is -4.23. The molecule has 2 heterocycles. The van der Waals surface area contributed by atoms with Gasteiger partial charge in [0.05, 0.1) is 23.6 Å². The van der Waals surface area contributed by atoms with Gasteiger partial charge in [0, 0.05) is 34.4 Å². The van der Waals surface area contributed by atoms with E-state index in [-0.39, 0.29) is 27.7 Å². The summed E-state index contributed by atoms with van der Waals surface area (Å²) in [4.78, 5) is 4.09. The molecule has 5 aromatic rings. The quantitative estimate of drug-likeness (QED) is 0.274. The summed E-state index contributed by atoms with van der Waals surface area (Å²) in [5.41, 5.74) is 1.55. The molecule has 0 radical (unpaired) electrons. The third-order valence-electron chi connectivity index (χ3n) is 5.58. The van der Waals surface area contributed by atoms with Gasteiger partial charge in [-0.3, -0.25) is 4.98 Å². The molecule has 8 nitrogen and oxygen atoms in total. The van der Waals surface area contributed by atoms with E-state index < -0.39 is 10.0 Å². The fourth-order valence-electron chi connectivity index (χ4n) is 3.89. The van der Waals surface area contributed by atoms with Crippen molar-refractivity contribution in [3.8, 4) is 22.9 Å². The zero-order valence-corrected chi connectivity index (χ0v) is 20.4. The van der Waals surface area contributed by atoms with E-state index in [1.807, 2.05) is 0 Å². The first kappa shape index (κ1) is 23.4. The summed E-state index contributed by atoms with van der Waals surface area (Å²) in [5, 5.41) is 15.8. The number of ether oxygens (including phenoxy) is 1. The predicted octanol–water partition coefficient (Wildman–Crippen LogP) is 5.95. The summed E-state index contributed by atoms with van der Waals surface area (Å²) in [6, 6.07) is 20.1. The number of halogens is 1. The Bertz CT molecular complexity index is 1730. The number of fused-ring (bicyclic) bond motifs is 1. The van der Waals surface area contributed by atoms with Crippen molar-refractivity contribution in [2.45, 2.75) is 4.90 Å². The number of nitrogens with zero attached hydrogens (tertiary/aromatic N) is 4.